The van der Waals surface area contributed by atoms with Crippen LogP contribution in [0.5, 0.6) is 0 Å². The minimum absolute atomic E-state index is 0.0967. The van der Waals surface area contributed by atoms with Crippen molar-refractivity contribution in [1.29, 1.82) is 0 Å². The van der Waals surface area contributed by atoms with Gasteiger partial charge in [-0.25, -0.2) is 4.39 Å². The van der Waals surface area contributed by atoms with Gasteiger partial charge < -0.3 is 0 Å². The molecule has 0 bridgehead atoms. The number of aryl methyl sites for hydroxylation is 1. The van der Waals surface area contributed by atoms with Gasteiger partial charge in [-0.3, -0.25) is 4.79 Å². The topological polar surface area (TPSA) is 42.9 Å². The fourth-order valence-corrected chi connectivity index (χ4v) is 3.04. The predicted molar refractivity (Wildman–Crippen MR) is 70.5 cm³/mol. The molecule has 0 N–H and O–H groups in total. The lowest BCUT2D eigenvalue weighted by Crippen LogP contribution is -2.05. The third kappa shape index (κ3) is 3.89. The summed E-state index contributed by atoms with van der Waals surface area (Å²) < 4.78 is 13.5. The van der Waals surface area contributed by atoms with Crippen LogP contribution in [-0.2, 0) is 11.2 Å². The van der Waals surface area contributed by atoms with E-state index >= 15 is 0 Å². The van der Waals surface area contributed by atoms with E-state index in [4.69, 9.17) is 0 Å². The maximum Gasteiger partial charge on any atom is 0.174 e. The third-order valence-corrected chi connectivity index (χ3v) is 4.21. The van der Waals surface area contributed by atoms with Crippen molar-refractivity contribution in [3.05, 3.63) is 40.7 Å². The molecule has 1 heterocycles. The summed E-state index contributed by atoms with van der Waals surface area (Å²) in [5.41, 5.74) is 0.829. The standard InChI is InChI=1S/C12H11FN2OS2/c1-8-14-15-12(18-8)17-7-11(16)6-9-2-4-10(13)5-3-9/h2-5H,6-7H2,1H3. The predicted octanol–water partition coefficient (Wildman–Crippen LogP) is 2.89. The van der Waals surface area contributed by atoms with E-state index in [-0.39, 0.29) is 11.6 Å². The van der Waals surface area contributed by atoms with Gasteiger partial charge in [0.25, 0.3) is 0 Å². The quantitative estimate of drug-likeness (QED) is 0.791. The number of nitrogens with zero attached hydrogens (tertiary/aromatic N) is 2. The lowest BCUT2D eigenvalue weighted by atomic mass is 10.1. The number of hydrogen-bond donors (Lipinski definition) is 0. The Balaban J connectivity index is 1.83. The smallest absolute Gasteiger partial charge is 0.174 e. The van der Waals surface area contributed by atoms with Crippen LogP contribution in [0.25, 0.3) is 0 Å². The van der Waals surface area contributed by atoms with Gasteiger partial charge in [0.05, 0.1) is 5.75 Å². The zero-order valence-corrected chi connectivity index (χ0v) is 11.4. The first-order chi connectivity index (χ1) is 8.63. The highest BCUT2D eigenvalue weighted by Crippen LogP contribution is 2.22. The molecule has 0 atom stereocenters. The second-order valence-corrected chi connectivity index (χ2v) is 6.12. The molecule has 94 valence electrons. The van der Waals surface area contributed by atoms with Gasteiger partial charge in [0, 0.05) is 6.42 Å². The van der Waals surface area contributed by atoms with E-state index in [1.807, 2.05) is 6.92 Å². The number of halogens is 1. The maximum absolute atomic E-state index is 12.7. The van der Waals surface area contributed by atoms with E-state index in [2.05, 4.69) is 10.2 Å². The van der Waals surface area contributed by atoms with Crippen molar-refractivity contribution in [2.75, 3.05) is 5.75 Å². The highest BCUT2D eigenvalue weighted by atomic mass is 32.2. The largest absolute Gasteiger partial charge is 0.298 e. The Bertz CT molecular complexity index is 539. The molecule has 0 aliphatic rings. The second-order valence-electron chi connectivity index (χ2n) is 3.72. The highest BCUT2D eigenvalue weighted by Gasteiger charge is 2.07. The summed E-state index contributed by atoms with van der Waals surface area (Å²) in [5.74, 6) is 0.177. The zero-order chi connectivity index (χ0) is 13.0. The van der Waals surface area contributed by atoms with Crippen molar-refractivity contribution >= 4 is 28.9 Å². The monoisotopic (exact) mass is 282 g/mol. The maximum atomic E-state index is 12.7. The number of ketones is 1. The summed E-state index contributed by atoms with van der Waals surface area (Å²) in [5, 5.41) is 8.71. The van der Waals surface area contributed by atoms with Crippen LogP contribution in [0.1, 0.15) is 10.6 Å². The molecule has 0 saturated heterocycles. The Labute approximate surface area is 112 Å². The molecule has 2 rings (SSSR count). The molecule has 0 radical (unpaired) electrons. The van der Waals surface area contributed by atoms with Crippen LogP contribution >= 0.6 is 23.1 Å². The van der Waals surface area contributed by atoms with Crippen LogP contribution in [0.3, 0.4) is 0 Å². The van der Waals surface area contributed by atoms with Crippen molar-refractivity contribution in [1.82, 2.24) is 10.2 Å². The van der Waals surface area contributed by atoms with E-state index < -0.39 is 0 Å². The van der Waals surface area contributed by atoms with E-state index in [9.17, 15) is 9.18 Å². The van der Waals surface area contributed by atoms with E-state index in [1.54, 1.807) is 12.1 Å². The van der Waals surface area contributed by atoms with E-state index in [1.165, 1.54) is 35.2 Å². The summed E-state index contributed by atoms with van der Waals surface area (Å²) in [6.45, 7) is 1.88. The van der Waals surface area contributed by atoms with Crippen LogP contribution < -0.4 is 0 Å². The van der Waals surface area contributed by atoms with Crippen LogP contribution in [0.4, 0.5) is 4.39 Å². The number of aromatic nitrogens is 2. The minimum atomic E-state index is -0.287. The molecule has 3 nitrogen and oxygen atoms in total. The van der Waals surface area contributed by atoms with Crippen molar-refractivity contribution in [2.45, 2.75) is 17.7 Å². The van der Waals surface area contributed by atoms with Crippen molar-refractivity contribution in [2.24, 2.45) is 0 Å². The van der Waals surface area contributed by atoms with Crippen LogP contribution in [-0.4, -0.2) is 21.7 Å². The first kappa shape index (κ1) is 13.2. The SMILES string of the molecule is Cc1nnc(SCC(=O)Cc2ccc(F)cc2)s1. The summed E-state index contributed by atoms with van der Waals surface area (Å²) in [6.07, 6.45) is 0.324. The molecule has 1 aromatic carbocycles. The molecule has 2 aromatic rings. The molecule has 18 heavy (non-hydrogen) atoms. The third-order valence-electron chi connectivity index (χ3n) is 2.18. The lowest BCUT2D eigenvalue weighted by Gasteiger charge is -1.99. The fourth-order valence-electron chi connectivity index (χ4n) is 1.36. The summed E-state index contributed by atoms with van der Waals surface area (Å²) >= 11 is 2.87. The van der Waals surface area contributed by atoms with Crippen molar-refractivity contribution in [3.63, 3.8) is 0 Å². The number of carbonyl (C=O) groups is 1. The summed E-state index contributed by atoms with van der Waals surface area (Å²) in [7, 11) is 0. The summed E-state index contributed by atoms with van der Waals surface area (Å²) in [6, 6.07) is 5.99. The Morgan fingerprint density at radius 1 is 1.33 bits per heavy atom. The van der Waals surface area contributed by atoms with Crippen molar-refractivity contribution in [3.8, 4) is 0 Å². The number of carbonyl (C=O) groups excluding carboxylic acids is 1. The van der Waals surface area contributed by atoms with Gasteiger partial charge in [-0.15, -0.1) is 10.2 Å². The average molecular weight is 282 g/mol. The fraction of sp³-hybridized carbons (Fsp3) is 0.250. The van der Waals surface area contributed by atoms with Crippen LogP contribution in [0.15, 0.2) is 28.6 Å². The number of benzene rings is 1. The molecular formula is C12H11FN2OS2. The zero-order valence-electron chi connectivity index (χ0n) is 9.72. The van der Waals surface area contributed by atoms with Gasteiger partial charge in [-0.05, 0) is 24.6 Å². The molecule has 0 spiro atoms. The first-order valence-electron chi connectivity index (χ1n) is 5.32. The Hall–Kier alpha value is -1.27. The normalized spacial score (nSPS) is 10.6. The van der Waals surface area contributed by atoms with Gasteiger partial charge in [0.1, 0.15) is 16.6 Å². The van der Waals surface area contributed by atoms with Crippen molar-refractivity contribution < 1.29 is 9.18 Å². The molecule has 0 aliphatic carbocycles. The minimum Gasteiger partial charge on any atom is -0.298 e. The van der Waals surface area contributed by atoms with Crippen LogP contribution in [0.2, 0.25) is 0 Å². The molecule has 0 aliphatic heterocycles. The average Bonchev–Trinajstić information content (AvgIpc) is 2.76. The summed E-state index contributed by atoms with van der Waals surface area (Å²) in [4.78, 5) is 11.7. The Morgan fingerprint density at radius 3 is 2.67 bits per heavy atom. The van der Waals surface area contributed by atoms with Gasteiger partial charge in [-0.1, -0.05) is 35.2 Å². The van der Waals surface area contributed by atoms with Gasteiger partial charge in [0.2, 0.25) is 0 Å². The number of thioether (sulfide) groups is 1. The molecule has 0 amide bonds. The molecule has 0 fully saturated rings. The molecule has 0 saturated carbocycles. The van der Waals surface area contributed by atoms with Gasteiger partial charge >= 0.3 is 0 Å². The second kappa shape index (κ2) is 6.06. The molecule has 6 heteroatoms. The number of rotatable bonds is 5. The Morgan fingerprint density at radius 2 is 2.06 bits per heavy atom. The lowest BCUT2D eigenvalue weighted by molar-refractivity contribution is -0.116. The van der Waals surface area contributed by atoms with Gasteiger partial charge in [0.15, 0.2) is 4.34 Å². The molecule has 0 unspecified atom stereocenters. The van der Waals surface area contributed by atoms with Crippen LogP contribution in [0, 0.1) is 12.7 Å². The number of hydrogen-bond acceptors (Lipinski definition) is 5. The Kier molecular flexibility index (Phi) is 4.43. The van der Waals surface area contributed by atoms with E-state index in [0.29, 0.717) is 12.2 Å². The molecular weight excluding hydrogens is 271 g/mol. The van der Waals surface area contributed by atoms with Gasteiger partial charge in [-0.2, -0.15) is 0 Å². The van der Waals surface area contributed by atoms with E-state index in [0.717, 1.165) is 14.9 Å². The first-order valence-corrected chi connectivity index (χ1v) is 7.13. The molecule has 1 aromatic heterocycles. The number of Topliss-reactive ketones (excluding diaryl/α,β-unsaturated/α-hetero) is 1. The highest BCUT2D eigenvalue weighted by molar-refractivity contribution is 8.01.